The zero-order valence-electron chi connectivity index (χ0n) is 16.9. The quantitative estimate of drug-likeness (QED) is 0.627. The fourth-order valence-corrected chi connectivity index (χ4v) is 2.93. The van der Waals surface area contributed by atoms with Crippen molar-refractivity contribution < 1.29 is 29.0 Å². The van der Waals surface area contributed by atoms with Gasteiger partial charge in [0.05, 0.1) is 32.2 Å². The van der Waals surface area contributed by atoms with Gasteiger partial charge in [-0.15, -0.1) is 0 Å². The normalized spacial score (nSPS) is 11.6. The number of hydrogen-bond donors (Lipinski definition) is 2. The van der Waals surface area contributed by atoms with E-state index in [2.05, 4.69) is 19.9 Å². The number of methoxy groups -OCH3 is 2. The molecule has 156 valence electrons. The van der Waals surface area contributed by atoms with Crippen molar-refractivity contribution in [3.05, 3.63) is 46.8 Å². The first-order valence-corrected chi connectivity index (χ1v) is 9.04. The highest BCUT2D eigenvalue weighted by Crippen LogP contribution is 2.20. The maximum Gasteiger partial charge on any atom is 0.330 e. The lowest BCUT2D eigenvalue weighted by molar-refractivity contribution is -0.144. The highest BCUT2D eigenvalue weighted by molar-refractivity contribution is 5.96. The van der Waals surface area contributed by atoms with Gasteiger partial charge in [-0.05, 0) is 50.1 Å². The van der Waals surface area contributed by atoms with Crippen LogP contribution in [0, 0.1) is 13.8 Å². The molecule has 9 heteroatoms. The van der Waals surface area contributed by atoms with Crippen molar-refractivity contribution in [2.45, 2.75) is 32.7 Å². The van der Waals surface area contributed by atoms with E-state index < -0.39 is 24.5 Å². The highest BCUT2D eigenvalue weighted by atomic mass is 16.5. The highest BCUT2D eigenvalue weighted by Gasteiger charge is 2.21. The van der Waals surface area contributed by atoms with Crippen molar-refractivity contribution in [2.24, 2.45) is 0 Å². The summed E-state index contributed by atoms with van der Waals surface area (Å²) >= 11 is 0. The van der Waals surface area contributed by atoms with E-state index in [0.29, 0.717) is 12.0 Å². The lowest BCUT2D eigenvalue weighted by atomic mass is 10.1. The molecule has 2 aromatic rings. The predicted molar refractivity (Wildman–Crippen MR) is 104 cm³/mol. The molecule has 1 aromatic carbocycles. The topological polar surface area (TPSA) is 120 Å². The molecule has 1 heterocycles. The third-order valence-electron chi connectivity index (χ3n) is 4.60. The zero-order chi connectivity index (χ0) is 21.6. The number of hydrogen-bond acceptors (Lipinski definition) is 7. The van der Waals surface area contributed by atoms with Crippen LogP contribution in [0.4, 0.5) is 0 Å². The number of carbonyl (C=O) groups excluding carboxylic acids is 3. The summed E-state index contributed by atoms with van der Waals surface area (Å²) in [5.41, 5.74) is 3.76. The van der Waals surface area contributed by atoms with Crippen molar-refractivity contribution in [1.82, 2.24) is 15.1 Å². The molecular formula is C20H25N3O6. The van der Waals surface area contributed by atoms with E-state index >= 15 is 0 Å². The molecule has 0 radical (unpaired) electrons. The molecule has 0 bridgehead atoms. The summed E-state index contributed by atoms with van der Waals surface area (Å²) in [7, 11) is 2.54. The summed E-state index contributed by atoms with van der Waals surface area (Å²) in [6.07, 6.45) is 0.802. The molecule has 0 spiro atoms. The number of carbonyl (C=O) groups is 3. The number of rotatable bonds is 8. The molecule has 0 aliphatic carbocycles. The van der Waals surface area contributed by atoms with Gasteiger partial charge in [-0.2, -0.15) is 5.10 Å². The van der Waals surface area contributed by atoms with Crippen molar-refractivity contribution >= 4 is 17.8 Å². The molecular weight excluding hydrogens is 378 g/mol. The molecule has 2 rings (SSSR count). The Kier molecular flexibility index (Phi) is 7.49. The number of nitrogens with one attached hydrogen (secondary N) is 1. The van der Waals surface area contributed by atoms with Crippen LogP contribution in [0.3, 0.4) is 0 Å². The molecule has 0 aliphatic rings. The molecule has 1 amide bonds. The van der Waals surface area contributed by atoms with Crippen LogP contribution in [0.5, 0.6) is 0 Å². The Hall–Kier alpha value is -3.20. The number of aryl methyl sites for hydroxylation is 1. The second-order valence-electron chi connectivity index (χ2n) is 6.42. The Labute approximate surface area is 168 Å². The number of ether oxygens (including phenoxy) is 2. The monoisotopic (exact) mass is 403 g/mol. The fourth-order valence-electron chi connectivity index (χ4n) is 2.93. The van der Waals surface area contributed by atoms with Crippen LogP contribution in [-0.2, 0) is 25.5 Å². The largest absolute Gasteiger partial charge is 0.469 e. The van der Waals surface area contributed by atoms with Crippen LogP contribution in [0.15, 0.2) is 24.3 Å². The smallest absolute Gasteiger partial charge is 0.330 e. The second kappa shape index (κ2) is 9.83. The molecule has 0 aliphatic heterocycles. The van der Waals surface area contributed by atoms with Crippen molar-refractivity contribution in [1.29, 1.82) is 0 Å². The number of benzene rings is 1. The number of aromatic nitrogens is 2. The maximum atomic E-state index is 12.3. The van der Waals surface area contributed by atoms with E-state index in [9.17, 15) is 19.5 Å². The molecule has 0 unspecified atom stereocenters. The van der Waals surface area contributed by atoms with Crippen LogP contribution < -0.4 is 5.32 Å². The minimum Gasteiger partial charge on any atom is -0.469 e. The van der Waals surface area contributed by atoms with Gasteiger partial charge in [-0.3, -0.25) is 9.59 Å². The molecule has 1 atom stereocenters. The minimum absolute atomic E-state index is 0.273. The number of nitrogens with zero attached hydrogens (tertiary/aromatic N) is 2. The third-order valence-corrected chi connectivity index (χ3v) is 4.60. The first kappa shape index (κ1) is 22.1. The molecule has 1 aromatic heterocycles. The van der Waals surface area contributed by atoms with Crippen LogP contribution in [0.25, 0.3) is 5.69 Å². The van der Waals surface area contributed by atoms with Crippen molar-refractivity contribution in [3.63, 3.8) is 0 Å². The fraction of sp³-hybridized carbons (Fsp3) is 0.400. The van der Waals surface area contributed by atoms with Crippen LogP contribution in [0.1, 0.15) is 33.7 Å². The van der Waals surface area contributed by atoms with Crippen LogP contribution >= 0.6 is 0 Å². The van der Waals surface area contributed by atoms with E-state index in [0.717, 1.165) is 22.6 Å². The van der Waals surface area contributed by atoms with Gasteiger partial charge in [0.25, 0.3) is 5.91 Å². The first-order chi connectivity index (χ1) is 13.8. The molecule has 9 nitrogen and oxygen atoms in total. The van der Waals surface area contributed by atoms with Gasteiger partial charge < -0.3 is 19.9 Å². The number of esters is 2. The molecule has 29 heavy (non-hydrogen) atoms. The van der Waals surface area contributed by atoms with E-state index in [1.165, 1.54) is 14.2 Å². The average molecular weight is 403 g/mol. The molecule has 0 fully saturated rings. The summed E-state index contributed by atoms with van der Waals surface area (Å²) in [5.74, 6) is -1.51. The van der Waals surface area contributed by atoms with Gasteiger partial charge in [0, 0.05) is 17.7 Å². The van der Waals surface area contributed by atoms with E-state index in [4.69, 9.17) is 0 Å². The van der Waals surface area contributed by atoms with Gasteiger partial charge in [-0.1, -0.05) is 0 Å². The van der Waals surface area contributed by atoms with Gasteiger partial charge in [0.1, 0.15) is 0 Å². The molecule has 0 saturated carbocycles. The molecule has 0 saturated heterocycles. The minimum atomic E-state index is -1.12. The predicted octanol–water partition coefficient (Wildman–Crippen LogP) is 0.858. The lowest BCUT2D eigenvalue weighted by Gasteiger charge is -2.14. The Morgan fingerprint density at radius 2 is 1.79 bits per heavy atom. The summed E-state index contributed by atoms with van der Waals surface area (Å²) in [6, 6.07) is 5.53. The van der Waals surface area contributed by atoms with Crippen molar-refractivity contribution in [2.75, 3.05) is 20.8 Å². The lowest BCUT2D eigenvalue weighted by Crippen LogP contribution is -2.44. The standard InChI is InChI=1S/C20H25N3O6/c1-12-16(9-10-18(25)28-3)13(2)23(22-12)15-7-5-14(6-8-15)19(26)21-17(11-24)20(27)29-4/h5-8,17,24H,9-11H2,1-4H3,(H,21,26)/t17-/m0/s1. The number of aliphatic hydroxyl groups is 1. The third kappa shape index (κ3) is 5.20. The maximum absolute atomic E-state index is 12.3. The first-order valence-electron chi connectivity index (χ1n) is 9.04. The van der Waals surface area contributed by atoms with E-state index in [1.807, 2.05) is 13.8 Å². The zero-order valence-corrected chi connectivity index (χ0v) is 16.9. The number of amides is 1. The summed E-state index contributed by atoms with van der Waals surface area (Å²) < 4.78 is 11.0. The van der Waals surface area contributed by atoms with Crippen molar-refractivity contribution in [3.8, 4) is 5.69 Å². The van der Waals surface area contributed by atoms with Crippen LogP contribution in [-0.4, -0.2) is 59.6 Å². The Morgan fingerprint density at radius 1 is 1.14 bits per heavy atom. The summed E-state index contributed by atoms with van der Waals surface area (Å²) in [5, 5.41) is 16.2. The SMILES string of the molecule is COC(=O)CCc1c(C)nn(-c2ccc(C(=O)N[C@@H](CO)C(=O)OC)cc2)c1C. The average Bonchev–Trinajstić information content (AvgIpc) is 3.02. The van der Waals surface area contributed by atoms with E-state index in [1.54, 1.807) is 28.9 Å². The number of aliphatic hydroxyl groups excluding tert-OH is 1. The van der Waals surface area contributed by atoms with Gasteiger partial charge in [0.15, 0.2) is 6.04 Å². The summed E-state index contributed by atoms with van der Waals surface area (Å²) in [6.45, 7) is 3.23. The Bertz CT molecular complexity index is 888. The van der Waals surface area contributed by atoms with Gasteiger partial charge in [-0.25, -0.2) is 9.48 Å². The Morgan fingerprint density at radius 3 is 2.34 bits per heavy atom. The molecule has 2 N–H and O–H groups in total. The summed E-state index contributed by atoms with van der Waals surface area (Å²) in [4.78, 5) is 35.2. The van der Waals surface area contributed by atoms with Crippen LogP contribution in [0.2, 0.25) is 0 Å². The second-order valence-corrected chi connectivity index (χ2v) is 6.42. The van der Waals surface area contributed by atoms with Gasteiger partial charge >= 0.3 is 11.9 Å². The van der Waals surface area contributed by atoms with E-state index in [-0.39, 0.29) is 12.4 Å². The van der Waals surface area contributed by atoms with Gasteiger partial charge in [0.2, 0.25) is 0 Å². The Balaban J connectivity index is 2.17.